The summed E-state index contributed by atoms with van der Waals surface area (Å²) in [5.74, 6) is -0.614. The molecule has 0 aliphatic heterocycles. The number of aromatic nitrogens is 4. The van der Waals surface area contributed by atoms with E-state index >= 15 is 0 Å². The van der Waals surface area contributed by atoms with E-state index < -0.39 is 18.0 Å². The predicted octanol–water partition coefficient (Wildman–Crippen LogP) is 2.84. The Morgan fingerprint density at radius 1 is 1.07 bits per heavy atom. The smallest absolute Gasteiger partial charge is 0.330 e. The first-order valence-corrected chi connectivity index (χ1v) is 9.24. The fraction of sp³-hybridized carbons (Fsp3) is 0.286. The van der Waals surface area contributed by atoms with Crippen LogP contribution in [0.4, 0.5) is 5.69 Å². The first kappa shape index (κ1) is 20.2. The van der Waals surface area contributed by atoms with Crippen LogP contribution in [0.25, 0.3) is 11.4 Å². The molecule has 0 fully saturated rings. The maximum absolute atomic E-state index is 12.3. The number of benzene rings is 2. The average molecular weight is 393 g/mol. The van der Waals surface area contributed by atoms with Crippen LogP contribution in [-0.2, 0) is 20.9 Å². The van der Waals surface area contributed by atoms with Gasteiger partial charge in [-0.05, 0) is 44.5 Å². The number of rotatable bonds is 6. The first-order chi connectivity index (χ1) is 13.8. The number of carbonyl (C=O) groups is 2. The number of aryl methyl sites for hydroxylation is 3. The number of amides is 1. The van der Waals surface area contributed by atoms with Crippen LogP contribution in [0, 0.1) is 20.8 Å². The van der Waals surface area contributed by atoms with E-state index in [1.165, 1.54) is 6.92 Å². The Bertz CT molecular complexity index is 1030. The molecule has 8 nitrogen and oxygen atoms in total. The lowest BCUT2D eigenvalue weighted by molar-refractivity contribution is -0.154. The standard InChI is InChI=1S/C21H23N5O3/c1-13-5-8-17(9-6-13)20-23-25-26(24-20)12-19(27)29-16(4)21(28)22-18-10-7-14(2)11-15(18)3/h5-11,16H,12H2,1-4H3,(H,22,28)/t16-/m0/s1. The van der Waals surface area contributed by atoms with Gasteiger partial charge < -0.3 is 10.1 Å². The van der Waals surface area contributed by atoms with Crippen molar-refractivity contribution in [1.82, 2.24) is 20.2 Å². The van der Waals surface area contributed by atoms with Crippen LogP contribution >= 0.6 is 0 Å². The fourth-order valence-electron chi connectivity index (χ4n) is 2.72. The van der Waals surface area contributed by atoms with Gasteiger partial charge in [-0.25, -0.2) is 4.79 Å². The highest BCUT2D eigenvalue weighted by Gasteiger charge is 2.19. The molecule has 3 aromatic rings. The lowest BCUT2D eigenvalue weighted by Gasteiger charge is -2.14. The van der Waals surface area contributed by atoms with Crippen LogP contribution < -0.4 is 5.32 Å². The minimum absolute atomic E-state index is 0.236. The van der Waals surface area contributed by atoms with Crippen LogP contribution in [0.1, 0.15) is 23.6 Å². The number of nitrogens with one attached hydrogen (secondary N) is 1. The molecule has 0 aliphatic rings. The Morgan fingerprint density at radius 2 is 1.76 bits per heavy atom. The van der Waals surface area contributed by atoms with E-state index in [0.717, 1.165) is 27.1 Å². The number of ether oxygens (including phenoxy) is 1. The molecule has 0 aliphatic carbocycles. The highest BCUT2D eigenvalue weighted by molar-refractivity contribution is 5.95. The third-order valence-electron chi connectivity index (χ3n) is 4.35. The van der Waals surface area contributed by atoms with E-state index in [1.54, 1.807) is 0 Å². The summed E-state index contributed by atoms with van der Waals surface area (Å²) >= 11 is 0. The number of hydrogen-bond donors (Lipinski definition) is 1. The van der Waals surface area contributed by atoms with Crippen molar-refractivity contribution in [1.29, 1.82) is 0 Å². The lowest BCUT2D eigenvalue weighted by Crippen LogP contribution is -2.31. The molecule has 0 saturated heterocycles. The van der Waals surface area contributed by atoms with Gasteiger partial charge in [0.15, 0.2) is 12.6 Å². The molecule has 0 radical (unpaired) electrons. The van der Waals surface area contributed by atoms with Crippen LogP contribution in [-0.4, -0.2) is 38.2 Å². The minimum atomic E-state index is -0.955. The van der Waals surface area contributed by atoms with Gasteiger partial charge in [0.1, 0.15) is 0 Å². The minimum Gasteiger partial charge on any atom is -0.451 e. The second-order valence-electron chi connectivity index (χ2n) is 6.95. The van der Waals surface area contributed by atoms with Crippen LogP contribution in [0.15, 0.2) is 42.5 Å². The van der Waals surface area contributed by atoms with Crippen LogP contribution in [0.2, 0.25) is 0 Å². The monoisotopic (exact) mass is 393 g/mol. The first-order valence-electron chi connectivity index (χ1n) is 9.24. The zero-order chi connectivity index (χ0) is 21.0. The predicted molar refractivity (Wildman–Crippen MR) is 108 cm³/mol. The summed E-state index contributed by atoms with van der Waals surface area (Å²) in [5, 5.41) is 14.8. The summed E-state index contributed by atoms with van der Waals surface area (Å²) in [6.07, 6.45) is -0.955. The highest BCUT2D eigenvalue weighted by atomic mass is 16.5. The molecule has 150 valence electrons. The molecule has 8 heteroatoms. The second-order valence-corrected chi connectivity index (χ2v) is 6.95. The summed E-state index contributed by atoms with van der Waals surface area (Å²) in [5.41, 5.74) is 4.65. The third-order valence-corrected chi connectivity index (χ3v) is 4.35. The van der Waals surface area contributed by atoms with E-state index in [2.05, 4.69) is 20.7 Å². The Morgan fingerprint density at radius 3 is 2.45 bits per heavy atom. The number of anilines is 1. The quantitative estimate of drug-likeness (QED) is 0.647. The summed E-state index contributed by atoms with van der Waals surface area (Å²) in [4.78, 5) is 25.6. The fourth-order valence-corrected chi connectivity index (χ4v) is 2.72. The second kappa shape index (κ2) is 8.64. The molecular weight excluding hydrogens is 370 g/mol. The van der Waals surface area contributed by atoms with Crippen molar-refractivity contribution in [2.75, 3.05) is 5.32 Å². The Balaban J connectivity index is 1.56. The third kappa shape index (κ3) is 5.25. The zero-order valence-corrected chi connectivity index (χ0v) is 16.8. The summed E-state index contributed by atoms with van der Waals surface area (Å²) in [7, 11) is 0. The molecule has 1 aromatic heterocycles. The van der Waals surface area contributed by atoms with Gasteiger partial charge in [-0.1, -0.05) is 47.5 Å². The van der Waals surface area contributed by atoms with Gasteiger partial charge in [0.05, 0.1) is 0 Å². The van der Waals surface area contributed by atoms with Crippen molar-refractivity contribution in [2.24, 2.45) is 0 Å². The average Bonchev–Trinajstić information content (AvgIpc) is 3.12. The Labute approximate surface area is 168 Å². The molecule has 1 heterocycles. The number of nitrogens with zero attached hydrogens (tertiary/aromatic N) is 4. The number of carbonyl (C=O) groups excluding carboxylic acids is 2. The van der Waals surface area contributed by atoms with Crippen molar-refractivity contribution in [3.8, 4) is 11.4 Å². The van der Waals surface area contributed by atoms with E-state index in [9.17, 15) is 9.59 Å². The maximum Gasteiger partial charge on any atom is 0.330 e. The van der Waals surface area contributed by atoms with Crippen LogP contribution in [0.5, 0.6) is 0 Å². The van der Waals surface area contributed by atoms with E-state index in [4.69, 9.17) is 4.74 Å². The molecule has 1 atom stereocenters. The van der Waals surface area contributed by atoms with E-state index in [-0.39, 0.29) is 6.54 Å². The van der Waals surface area contributed by atoms with Gasteiger partial charge in [-0.2, -0.15) is 4.80 Å². The summed E-state index contributed by atoms with van der Waals surface area (Å²) in [6.45, 7) is 7.15. The number of esters is 1. The van der Waals surface area contributed by atoms with Crippen LogP contribution in [0.3, 0.4) is 0 Å². The lowest BCUT2D eigenvalue weighted by atomic mass is 10.1. The van der Waals surface area contributed by atoms with Gasteiger partial charge in [-0.15, -0.1) is 10.2 Å². The van der Waals surface area contributed by atoms with E-state index in [1.807, 2.05) is 63.2 Å². The summed E-state index contributed by atoms with van der Waals surface area (Å²) in [6, 6.07) is 13.3. The van der Waals surface area contributed by atoms with Gasteiger partial charge in [0.25, 0.3) is 5.91 Å². The van der Waals surface area contributed by atoms with Gasteiger partial charge >= 0.3 is 5.97 Å². The molecule has 0 saturated carbocycles. The zero-order valence-electron chi connectivity index (χ0n) is 16.8. The normalized spacial score (nSPS) is 11.7. The summed E-state index contributed by atoms with van der Waals surface area (Å²) < 4.78 is 5.20. The number of hydrogen-bond acceptors (Lipinski definition) is 6. The molecule has 1 amide bonds. The van der Waals surface area contributed by atoms with Gasteiger partial charge in [0, 0.05) is 11.3 Å². The molecule has 3 rings (SSSR count). The van der Waals surface area contributed by atoms with Gasteiger partial charge in [0.2, 0.25) is 5.82 Å². The molecule has 2 aromatic carbocycles. The molecular formula is C21H23N5O3. The van der Waals surface area contributed by atoms with Crippen molar-refractivity contribution >= 4 is 17.6 Å². The molecule has 1 N–H and O–H groups in total. The Hall–Kier alpha value is -3.55. The van der Waals surface area contributed by atoms with Crippen molar-refractivity contribution in [3.63, 3.8) is 0 Å². The Kier molecular flexibility index (Phi) is 6.01. The molecule has 0 unspecified atom stereocenters. The molecule has 29 heavy (non-hydrogen) atoms. The highest BCUT2D eigenvalue weighted by Crippen LogP contribution is 2.17. The molecule has 0 spiro atoms. The largest absolute Gasteiger partial charge is 0.451 e. The maximum atomic E-state index is 12.3. The van der Waals surface area contributed by atoms with Gasteiger partial charge in [-0.3, -0.25) is 4.79 Å². The number of tetrazole rings is 1. The van der Waals surface area contributed by atoms with E-state index in [0.29, 0.717) is 11.5 Å². The van der Waals surface area contributed by atoms with Crippen molar-refractivity contribution in [3.05, 3.63) is 59.2 Å². The van der Waals surface area contributed by atoms with Crippen molar-refractivity contribution < 1.29 is 14.3 Å². The van der Waals surface area contributed by atoms with Crippen molar-refractivity contribution in [2.45, 2.75) is 40.3 Å². The SMILES string of the molecule is Cc1ccc(-c2nnn(CC(=O)O[C@@H](C)C(=O)Nc3ccc(C)cc3C)n2)cc1. The molecule has 0 bridgehead atoms. The topological polar surface area (TPSA) is 99.0 Å².